The summed E-state index contributed by atoms with van der Waals surface area (Å²) in [7, 11) is 0. The SMILES string of the molecule is CCN1C(=O)c2cc(Cl)c(Cl)cc2C1=O. The van der Waals surface area contributed by atoms with Crippen LogP contribution in [0.15, 0.2) is 12.1 Å². The van der Waals surface area contributed by atoms with Crippen LogP contribution in [0, 0.1) is 0 Å². The van der Waals surface area contributed by atoms with Crippen LogP contribution in [0.25, 0.3) is 0 Å². The summed E-state index contributed by atoms with van der Waals surface area (Å²) >= 11 is 11.6. The lowest BCUT2D eigenvalue weighted by molar-refractivity contribution is 0.0663. The largest absolute Gasteiger partial charge is 0.275 e. The minimum atomic E-state index is -0.309. The van der Waals surface area contributed by atoms with Crippen LogP contribution in [0.5, 0.6) is 0 Å². The summed E-state index contributed by atoms with van der Waals surface area (Å²) in [5, 5.41) is 0.573. The van der Waals surface area contributed by atoms with E-state index in [1.807, 2.05) is 0 Å². The highest BCUT2D eigenvalue weighted by atomic mass is 35.5. The first-order chi connectivity index (χ1) is 7.06. The van der Waals surface area contributed by atoms with Crippen molar-refractivity contribution in [3.05, 3.63) is 33.3 Å². The van der Waals surface area contributed by atoms with E-state index < -0.39 is 0 Å². The molecular weight excluding hydrogens is 237 g/mol. The molecule has 1 heterocycles. The van der Waals surface area contributed by atoms with E-state index in [2.05, 4.69) is 0 Å². The van der Waals surface area contributed by atoms with E-state index >= 15 is 0 Å². The molecule has 1 aromatic rings. The molecule has 5 heteroatoms. The van der Waals surface area contributed by atoms with Crippen molar-refractivity contribution >= 4 is 35.0 Å². The normalized spacial score (nSPS) is 14.7. The number of imide groups is 1. The number of hydrogen-bond acceptors (Lipinski definition) is 2. The van der Waals surface area contributed by atoms with Crippen molar-refractivity contribution in [3.8, 4) is 0 Å². The second-order valence-electron chi connectivity index (χ2n) is 3.17. The van der Waals surface area contributed by atoms with Crippen molar-refractivity contribution in [1.29, 1.82) is 0 Å². The molecular formula is C10H7Cl2NO2. The fraction of sp³-hybridized carbons (Fsp3) is 0.200. The van der Waals surface area contributed by atoms with Gasteiger partial charge < -0.3 is 0 Å². The molecule has 78 valence electrons. The lowest BCUT2D eigenvalue weighted by atomic mass is 10.1. The monoisotopic (exact) mass is 243 g/mol. The molecule has 2 rings (SSSR count). The molecule has 0 bridgehead atoms. The van der Waals surface area contributed by atoms with Gasteiger partial charge in [-0.15, -0.1) is 0 Å². The van der Waals surface area contributed by atoms with Gasteiger partial charge >= 0.3 is 0 Å². The Bertz CT molecular complexity index is 430. The van der Waals surface area contributed by atoms with Crippen LogP contribution >= 0.6 is 23.2 Å². The van der Waals surface area contributed by atoms with Gasteiger partial charge in [-0.1, -0.05) is 23.2 Å². The standard InChI is InChI=1S/C10H7Cl2NO2/c1-2-13-9(14)5-3-7(11)8(12)4-6(5)10(13)15/h3-4H,2H2,1H3. The Labute approximate surface area is 96.6 Å². The number of benzene rings is 1. The third kappa shape index (κ3) is 1.43. The van der Waals surface area contributed by atoms with Gasteiger partial charge in [0.05, 0.1) is 21.2 Å². The summed E-state index contributed by atoms with van der Waals surface area (Å²) in [6.07, 6.45) is 0. The van der Waals surface area contributed by atoms with Crippen LogP contribution in [-0.2, 0) is 0 Å². The molecule has 0 spiro atoms. The maximum absolute atomic E-state index is 11.7. The van der Waals surface area contributed by atoms with E-state index in [4.69, 9.17) is 23.2 Å². The van der Waals surface area contributed by atoms with E-state index in [1.165, 1.54) is 12.1 Å². The van der Waals surface area contributed by atoms with Gasteiger partial charge in [-0.05, 0) is 19.1 Å². The summed E-state index contributed by atoms with van der Waals surface area (Å²) in [5.74, 6) is -0.618. The van der Waals surface area contributed by atoms with Gasteiger partial charge in [-0.2, -0.15) is 0 Å². The molecule has 2 amide bonds. The van der Waals surface area contributed by atoms with Crippen LogP contribution in [0.3, 0.4) is 0 Å². The molecule has 0 fully saturated rings. The van der Waals surface area contributed by atoms with Gasteiger partial charge in [-0.3, -0.25) is 14.5 Å². The molecule has 0 saturated heterocycles. The number of carbonyl (C=O) groups excluding carboxylic acids is 2. The lowest BCUT2D eigenvalue weighted by Gasteiger charge is -2.08. The quantitative estimate of drug-likeness (QED) is 0.712. The highest BCUT2D eigenvalue weighted by Crippen LogP contribution is 2.31. The predicted octanol–water partition coefficient (Wildman–Crippen LogP) is 2.61. The van der Waals surface area contributed by atoms with Gasteiger partial charge in [0.25, 0.3) is 11.8 Å². The maximum Gasteiger partial charge on any atom is 0.261 e. The summed E-state index contributed by atoms with van der Waals surface area (Å²) in [6, 6.07) is 2.88. The number of fused-ring (bicyclic) bond motifs is 1. The Hall–Kier alpha value is -1.06. The third-order valence-corrected chi connectivity index (χ3v) is 3.05. The lowest BCUT2D eigenvalue weighted by Crippen LogP contribution is -2.29. The van der Waals surface area contributed by atoms with Crippen molar-refractivity contribution in [2.24, 2.45) is 0 Å². The van der Waals surface area contributed by atoms with Crippen LogP contribution in [0.2, 0.25) is 10.0 Å². The summed E-state index contributed by atoms with van der Waals surface area (Å²) < 4.78 is 0. The molecule has 1 aliphatic rings. The average molecular weight is 244 g/mol. The van der Waals surface area contributed by atoms with Gasteiger partial charge in [-0.25, -0.2) is 0 Å². The van der Waals surface area contributed by atoms with E-state index in [0.717, 1.165) is 4.90 Å². The number of hydrogen-bond donors (Lipinski definition) is 0. The molecule has 15 heavy (non-hydrogen) atoms. The third-order valence-electron chi connectivity index (χ3n) is 2.33. The Morgan fingerprint density at radius 2 is 1.47 bits per heavy atom. The molecule has 0 radical (unpaired) electrons. The summed E-state index contributed by atoms with van der Waals surface area (Å²) in [5.41, 5.74) is 0.660. The number of carbonyl (C=O) groups is 2. The number of halogens is 2. The maximum atomic E-state index is 11.7. The van der Waals surface area contributed by atoms with E-state index in [0.29, 0.717) is 17.7 Å². The topological polar surface area (TPSA) is 37.4 Å². The van der Waals surface area contributed by atoms with E-state index in [9.17, 15) is 9.59 Å². The van der Waals surface area contributed by atoms with Crippen molar-refractivity contribution < 1.29 is 9.59 Å². The van der Waals surface area contributed by atoms with E-state index in [-0.39, 0.29) is 21.9 Å². The highest BCUT2D eigenvalue weighted by Gasteiger charge is 2.35. The van der Waals surface area contributed by atoms with Crippen LogP contribution in [0.4, 0.5) is 0 Å². The average Bonchev–Trinajstić information content (AvgIpc) is 2.42. The van der Waals surface area contributed by atoms with Gasteiger partial charge in [0, 0.05) is 6.54 Å². The number of nitrogens with zero attached hydrogens (tertiary/aromatic N) is 1. The summed E-state index contributed by atoms with van der Waals surface area (Å²) in [6.45, 7) is 2.09. The first kappa shape index (κ1) is 10.5. The fourth-order valence-electron chi connectivity index (χ4n) is 1.57. The molecule has 0 atom stereocenters. The van der Waals surface area contributed by atoms with Gasteiger partial charge in [0.2, 0.25) is 0 Å². The minimum Gasteiger partial charge on any atom is -0.275 e. The number of amides is 2. The molecule has 3 nitrogen and oxygen atoms in total. The molecule has 0 saturated carbocycles. The second kappa shape index (κ2) is 3.51. The van der Waals surface area contributed by atoms with E-state index in [1.54, 1.807) is 6.92 Å². The van der Waals surface area contributed by atoms with Crippen molar-refractivity contribution in [2.75, 3.05) is 6.54 Å². The molecule has 0 aliphatic carbocycles. The molecule has 0 N–H and O–H groups in total. The number of rotatable bonds is 1. The highest BCUT2D eigenvalue weighted by molar-refractivity contribution is 6.43. The smallest absolute Gasteiger partial charge is 0.261 e. The van der Waals surface area contributed by atoms with Crippen molar-refractivity contribution in [3.63, 3.8) is 0 Å². The Morgan fingerprint density at radius 3 is 1.80 bits per heavy atom. The molecule has 0 unspecified atom stereocenters. The predicted molar refractivity (Wildman–Crippen MR) is 57.5 cm³/mol. The zero-order valence-corrected chi connectivity index (χ0v) is 9.39. The first-order valence-electron chi connectivity index (χ1n) is 4.41. The summed E-state index contributed by atoms with van der Waals surface area (Å²) in [4.78, 5) is 24.6. The second-order valence-corrected chi connectivity index (χ2v) is 3.98. The molecule has 1 aromatic carbocycles. The Kier molecular flexibility index (Phi) is 2.44. The molecule has 1 aliphatic heterocycles. The minimum absolute atomic E-state index is 0.287. The van der Waals surface area contributed by atoms with Crippen molar-refractivity contribution in [1.82, 2.24) is 4.90 Å². The van der Waals surface area contributed by atoms with Gasteiger partial charge in [0.15, 0.2) is 0 Å². The molecule has 0 aromatic heterocycles. The Morgan fingerprint density at radius 1 is 1.07 bits per heavy atom. The van der Waals surface area contributed by atoms with Gasteiger partial charge in [0.1, 0.15) is 0 Å². The van der Waals surface area contributed by atoms with Crippen molar-refractivity contribution in [2.45, 2.75) is 6.92 Å². The zero-order chi connectivity index (χ0) is 11.2. The Balaban J connectivity index is 2.63. The first-order valence-corrected chi connectivity index (χ1v) is 5.17. The zero-order valence-electron chi connectivity index (χ0n) is 7.88. The van der Waals surface area contributed by atoms with Crippen LogP contribution in [0.1, 0.15) is 27.6 Å². The van der Waals surface area contributed by atoms with Crippen LogP contribution in [-0.4, -0.2) is 23.3 Å². The van der Waals surface area contributed by atoms with Crippen LogP contribution < -0.4 is 0 Å². The fourth-order valence-corrected chi connectivity index (χ4v) is 1.90.